The number of anilines is 1. The summed E-state index contributed by atoms with van der Waals surface area (Å²) < 4.78 is 0. The molecule has 1 aromatic heterocycles. The smallest absolute Gasteiger partial charge is 0.126 e. The van der Waals surface area contributed by atoms with Gasteiger partial charge in [-0.15, -0.1) is 0 Å². The third-order valence-corrected chi connectivity index (χ3v) is 2.10. The Morgan fingerprint density at radius 2 is 2.15 bits per heavy atom. The van der Waals surface area contributed by atoms with Crippen molar-refractivity contribution >= 4 is 5.82 Å². The van der Waals surface area contributed by atoms with Crippen LogP contribution in [0, 0.1) is 13.8 Å². The number of rotatable bonds is 3. The highest BCUT2D eigenvalue weighted by atomic mass is 15.0. The summed E-state index contributed by atoms with van der Waals surface area (Å²) in [5.41, 5.74) is 7.78. The van der Waals surface area contributed by atoms with Crippen LogP contribution in [0.15, 0.2) is 12.1 Å². The molecule has 3 nitrogen and oxygen atoms in total. The highest BCUT2D eigenvalue weighted by Gasteiger charge is 2.01. The minimum absolute atomic E-state index is 0.273. The summed E-state index contributed by atoms with van der Waals surface area (Å²) >= 11 is 0. The zero-order valence-electron chi connectivity index (χ0n) is 8.46. The van der Waals surface area contributed by atoms with Crippen molar-refractivity contribution in [1.82, 2.24) is 4.98 Å². The van der Waals surface area contributed by atoms with E-state index in [1.165, 1.54) is 5.56 Å². The maximum absolute atomic E-state index is 5.50. The van der Waals surface area contributed by atoms with Gasteiger partial charge in [0.25, 0.3) is 0 Å². The monoisotopic (exact) mass is 179 g/mol. The first-order valence-electron chi connectivity index (χ1n) is 4.54. The summed E-state index contributed by atoms with van der Waals surface area (Å²) in [5, 5.41) is 3.22. The molecule has 1 heterocycles. The molecule has 0 radical (unpaired) electrons. The van der Waals surface area contributed by atoms with Crippen LogP contribution in [-0.4, -0.2) is 17.6 Å². The zero-order chi connectivity index (χ0) is 9.84. The second-order valence-electron chi connectivity index (χ2n) is 3.38. The highest BCUT2D eigenvalue weighted by Crippen LogP contribution is 2.09. The van der Waals surface area contributed by atoms with E-state index in [1.807, 2.05) is 19.9 Å². The number of nitrogens with two attached hydrogens (primary N) is 1. The minimum atomic E-state index is 0.273. The van der Waals surface area contributed by atoms with Gasteiger partial charge in [-0.2, -0.15) is 0 Å². The first-order chi connectivity index (χ1) is 6.13. The van der Waals surface area contributed by atoms with Crippen LogP contribution in [0.5, 0.6) is 0 Å². The summed E-state index contributed by atoms with van der Waals surface area (Å²) in [6.07, 6.45) is 0. The number of hydrogen-bond donors (Lipinski definition) is 2. The third-order valence-electron chi connectivity index (χ3n) is 2.10. The van der Waals surface area contributed by atoms with Crippen LogP contribution >= 0.6 is 0 Å². The predicted octanol–water partition coefficient (Wildman–Crippen LogP) is 1.46. The zero-order valence-corrected chi connectivity index (χ0v) is 8.46. The van der Waals surface area contributed by atoms with Crippen molar-refractivity contribution in [3.63, 3.8) is 0 Å². The summed E-state index contributed by atoms with van der Waals surface area (Å²) in [6, 6.07) is 4.32. The average Bonchev–Trinajstić information content (AvgIpc) is 2.11. The van der Waals surface area contributed by atoms with Crippen molar-refractivity contribution in [3.05, 3.63) is 23.4 Å². The Hall–Kier alpha value is -1.09. The van der Waals surface area contributed by atoms with E-state index in [4.69, 9.17) is 5.73 Å². The average molecular weight is 179 g/mol. The first kappa shape index (κ1) is 9.99. The molecule has 3 heteroatoms. The Balaban J connectivity index is 2.73. The van der Waals surface area contributed by atoms with Crippen LogP contribution in [0.1, 0.15) is 18.2 Å². The maximum Gasteiger partial charge on any atom is 0.126 e. The number of aromatic nitrogens is 1. The summed E-state index contributed by atoms with van der Waals surface area (Å²) in [6.45, 7) is 6.72. The minimum Gasteiger partial charge on any atom is -0.366 e. The van der Waals surface area contributed by atoms with Gasteiger partial charge in [-0.3, -0.25) is 0 Å². The van der Waals surface area contributed by atoms with E-state index < -0.39 is 0 Å². The molecule has 72 valence electrons. The lowest BCUT2D eigenvalue weighted by atomic mass is 10.2. The molecule has 0 aliphatic rings. The molecule has 1 atom stereocenters. The van der Waals surface area contributed by atoms with Crippen LogP contribution in [0.4, 0.5) is 5.82 Å². The molecule has 1 rings (SSSR count). The number of aryl methyl sites for hydroxylation is 2. The second-order valence-corrected chi connectivity index (χ2v) is 3.38. The van der Waals surface area contributed by atoms with Crippen molar-refractivity contribution in [2.45, 2.75) is 26.8 Å². The summed E-state index contributed by atoms with van der Waals surface area (Å²) in [5.74, 6) is 0.904. The first-order valence-corrected chi connectivity index (χ1v) is 4.54. The van der Waals surface area contributed by atoms with Gasteiger partial charge in [0.2, 0.25) is 0 Å². The van der Waals surface area contributed by atoms with Crippen LogP contribution in [-0.2, 0) is 0 Å². The van der Waals surface area contributed by atoms with Crippen molar-refractivity contribution in [1.29, 1.82) is 0 Å². The van der Waals surface area contributed by atoms with Gasteiger partial charge in [0.1, 0.15) is 5.82 Å². The molecule has 1 aromatic rings. The number of nitrogens with zero attached hydrogens (tertiary/aromatic N) is 1. The van der Waals surface area contributed by atoms with Gasteiger partial charge in [0.15, 0.2) is 0 Å². The summed E-state index contributed by atoms with van der Waals surface area (Å²) in [4.78, 5) is 4.39. The largest absolute Gasteiger partial charge is 0.366 e. The third kappa shape index (κ3) is 2.70. The molecule has 1 unspecified atom stereocenters. The molecule has 0 saturated carbocycles. The lowest BCUT2D eigenvalue weighted by Crippen LogP contribution is -2.25. The van der Waals surface area contributed by atoms with E-state index in [9.17, 15) is 0 Å². The number of nitrogens with one attached hydrogen (secondary N) is 1. The molecule has 13 heavy (non-hydrogen) atoms. The molecule has 0 fully saturated rings. The Kier molecular flexibility index (Phi) is 3.25. The molecule has 0 saturated heterocycles. The van der Waals surface area contributed by atoms with E-state index in [2.05, 4.69) is 23.3 Å². The number of hydrogen-bond acceptors (Lipinski definition) is 3. The lowest BCUT2D eigenvalue weighted by molar-refractivity contribution is 0.797. The fraction of sp³-hybridized carbons (Fsp3) is 0.500. The van der Waals surface area contributed by atoms with Gasteiger partial charge in [-0.1, -0.05) is 6.07 Å². The molecule has 0 aliphatic heterocycles. The molecular weight excluding hydrogens is 162 g/mol. The second kappa shape index (κ2) is 4.23. The topological polar surface area (TPSA) is 50.9 Å². The normalized spacial score (nSPS) is 12.6. The van der Waals surface area contributed by atoms with Gasteiger partial charge in [0, 0.05) is 18.3 Å². The van der Waals surface area contributed by atoms with Gasteiger partial charge in [-0.05, 0) is 32.4 Å². The quantitative estimate of drug-likeness (QED) is 0.738. The summed E-state index contributed by atoms with van der Waals surface area (Å²) in [7, 11) is 0. The Morgan fingerprint density at radius 1 is 1.46 bits per heavy atom. The van der Waals surface area contributed by atoms with Crippen molar-refractivity contribution < 1.29 is 0 Å². The Labute approximate surface area is 79.4 Å². The van der Waals surface area contributed by atoms with Crippen LogP contribution in [0.25, 0.3) is 0 Å². The van der Waals surface area contributed by atoms with E-state index in [1.54, 1.807) is 0 Å². The SMILES string of the molecule is Cc1ccc(NC(C)CN)nc1C. The van der Waals surface area contributed by atoms with Gasteiger partial charge in [-0.25, -0.2) is 4.98 Å². The van der Waals surface area contributed by atoms with Crippen LogP contribution in [0.2, 0.25) is 0 Å². The Morgan fingerprint density at radius 3 is 2.69 bits per heavy atom. The Bertz CT molecular complexity index is 283. The molecule has 0 amide bonds. The van der Waals surface area contributed by atoms with Crippen molar-refractivity contribution in [2.75, 3.05) is 11.9 Å². The number of pyridine rings is 1. The molecule has 0 aliphatic carbocycles. The van der Waals surface area contributed by atoms with E-state index in [-0.39, 0.29) is 6.04 Å². The molecular formula is C10H17N3. The van der Waals surface area contributed by atoms with Gasteiger partial charge in [0.05, 0.1) is 0 Å². The molecule has 0 aromatic carbocycles. The lowest BCUT2D eigenvalue weighted by Gasteiger charge is -2.12. The predicted molar refractivity (Wildman–Crippen MR) is 55.9 cm³/mol. The van der Waals surface area contributed by atoms with Gasteiger partial charge >= 0.3 is 0 Å². The molecule has 3 N–H and O–H groups in total. The fourth-order valence-corrected chi connectivity index (χ4v) is 1.02. The van der Waals surface area contributed by atoms with Crippen LogP contribution < -0.4 is 11.1 Å². The molecule has 0 spiro atoms. The maximum atomic E-state index is 5.50. The fourth-order valence-electron chi connectivity index (χ4n) is 1.02. The van der Waals surface area contributed by atoms with E-state index in [0.717, 1.165) is 11.5 Å². The van der Waals surface area contributed by atoms with Crippen molar-refractivity contribution in [3.8, 4) is 0 Å². The van der Waals surface area contributed by atoms with E-state index in [0.29, 0.717) is 6.54 Å². The highest BCUT2D eigenvalue weighted by molar-refractivity contribution is 5.38. The van der Waals surface area contributed by atoms with E-state index >= 15 is 0 Å². The standard InChI is InChI=1S/C10H17N3/c1-7-4-5-10(13-9(7)3)12-8(2)6-11/h4-5,8H,6,11H2,1-3H3,(H,12,13). The van der Waals surface area contributed by atoms with Crippen LogP contribution in [0.3, 0.4) is 0 Å². The molecule has 0 bridgehead atoms. The van der Waals surface area contributed by atoms with Gasteiger partial charge < -0.3 is 11.1 Å². The van der Waals surface area contributed by atoms with Crippen molar-refractivity contribution in [2.24, 2.45) is 5.73 Å².